The third-order valence-electron chi connectivity index (χ3n) is 4.74. The maximum atomic E-state index is 12.4. The van der Waals surface area contributed by atoms with E-state index in [1.54, 1.807) is 0 Å². The molecule has 2 fully saturated rings. The standard InChI is InChI=1S/C15H29N3O2S/c1-3-17-9-11-18(12-10-17)15(19)16-13-7-5-6-8-14(13)21(20)4-2/h13-14H,3-12H2,1-2H3,(H,16,19)/t13-,14+,21+/m1/s1. The predicted molar refractivity (Wildman–Crippen MR) is 86.9 cm³/mol. The predicted octanol–water partition coefficient (Wildman–Crippen LogP) is 1.41. The normalized spacial score (nSPS) is 29.1. The smallest absolute Gasteiger partial charge is 0.317 e. The molecule has 0 spiro atoms. The molecule has 5 nitrogen and oxygen atoms in total. The lowest BCUT2D eigenvalue weighted by atomic mass is 9.95. The van der Waals surface area contributed by atoms with Crippen LogP contribution < -0.4 is 5.32 Å². The van der Waals surface area contributed by atoms with Gasteiger partial charge in [0.1, 0.15) is 0 Å². The van der Waals surface area contributed by atoms with E-state index in [4.69, 9.17) is 0 Å². The van der Waals surface area contributed by atoms with Crippen molar-refractivity contribution >= 4 is 16.8 Å². The fourth-order valence-electron chi connectivity index (χ4n) is 3.31. The number of piperazine rings is 1. The summed E-state index contributed by atoms with van der Waals surface area (Å²) in [6.07, 6.45) is 4.22. The van der Waals surface area contributed by atoms with E-state index in [1.807, 2.05) is 11.8 Å². The Labute approximate surface area is 130 Å². The molecule has 0 aromatic rings. The van der Waals surface area contributed by atoms with Crippen molar-refractivity contribution in [3.8, 4) is 0 Å². The Bertz CT molecular complexity index is 370. The molecular formula is C15H29N3O2S. The highest BCUT2D eigenvalue weighted by Gasteiger charge is 2.31. The molecule has 1 saturated carbocycles. The molecule has 6 heteroatoms. The highest BCUT2D eigenvalue weighted by atomic mass is 32.2. The Morgan fingerprint density at radius 2 is 1.81 bits per heavy atom. The van der Waals surface area contributed by atoms with Crippen molar-refractivity contribution in [3.63, 3.8) is 0 Å². The number of carbonyl (C=O) groups excluding carboxylic acids is 1. The fraction of sp³-hybridized carbons (Fsp3) is 0.933. The molecule has 1 saturated heterocycles. The Hall–Kier alpha value is -0.620. The third-order valence-corrected chi connectivity index (χ3v) is 6.55. The number of nitrogens with one attached hydrogen (secondary N) is 1. The first-order valence-electron chi connectivity index (χ1n) is 8.30. The number of carbonyl (C=O) groups is 1. The first-order valence-corrected chi connectivity index (χ1v) is 9.68. The van der Waals surface area contributed by atoms with Gasteiger partial charge in [-0.3, -0.25) is 4.21 Å². The van der Waals surface area contributed by atoms with Crippen LogP contribution in [-0.4, -0.2) is 69.8 Å². The van der Waals surface area contributed by atoms with Gasteiger partial charge in [0, 0.05) is 48.8 Å². The van der Waals surface area contributed by atoms with Gasteiger partial charge in [0.05, 0.1) is 5.25 Å². The number of rotatable bonds is 4. The minimum Gasteiger partial charge on any atom is -0.334 e. The average molecular weight is 315 g/mol. The Morgan fingerprint density at radius 3 is 2.43 bits per heavy atom. The maximum Gasteiger partial charge on any atom is 0.317 e. The van der Waals surface area contributed by atoms with E-state index < -0.39 is 10.8 Å². The van der Waals surface area contributed by atoms with Gasteiger partial charge in [0.15, 0.2) is 0 Å². The summed E-state index contributed by atoms with van der Waals surface area (Å²) in [4.78, 5) is 16.7. The van der Waals surface area contributed by atoms with E-state index in [-0.39, 0.29) is 17.3 Å². The van der Waals surface area contributed by atoms with Gasteiger partial charge in [-0.05, 0) is 19.4 Å². The summed E-state index contributed by atoms with van der Waals surface area (Å²) >= 11 is 0. The molecule has 1 aliphatic carbocycles. The molecule has 1 heterocycles. The molecule has 2 amide bonds. The van der Waals surface area contributed by atoms with Crippen molar-refractivity contribution in [3.05, 3.63) is 0 Å². The van der Waals surface area contributed by atoms with Crippen LogP contribution in [0.15, 0.2) is 0 Å². The van der Waals surface area contributed by atoms with Crippen molar-refractivity contribution in [1.29, 1.82) is 0 Å². The second kappa shape index (κ2) is 8.13. The molecular weight excluding hydrogens is 286 g/mol. The zero-order valence-corrected chi connectivity index (χ0v) is 14.2. The second-order valence-corrected chi connectivity index (χ2v) is 7.91. The van der Waals surface area contributed by atoms with Gasteiger partial charge in [0.25, 0.3) is 0 Å². The minimum atomic E-state index is -0.813. The van der Waals surface area contributed by atoms with Crippen molar-refractivity contribution in [2.45, 2.75) is 50.8 Å². The Balaban J connectivity index is 1.87. The molecule has 1 N–H and O–H groups in total. The number of likely N-dealkylation sites (N-methyl/N-ethyl adjacent to an activating group) is 1. The average Bonchev–Trinajstić information content (AvgIpc) is 2.54. The van der Waals surface area contributed by atoms with Crippen LogP contribution in [0.5, 0.6) is 0 Å². The number of nitrogens with zero attached hydrogens (tertiary/aromatic N) is 2. The van der Waals surface area contributed by atoms with E-state index in [0.717, 1.165) is 58.4 Å². The van der Waals surface area contributed by atoms with E-state index in [1.165, 1.54) is 0 Å². The van der Waals surface area contributed by atoms with Gasteiger partial charge in [-0.15, -0.1) is 0 Å². The lowest BCUT2D eigenvalue weighted by molar-refractivity contribution is 0.139. The van der Waals surface area contributed by atoms with Gasteiger partial charge in [-0.2, -0.15) is 0 Å². The molecule has 0 radical (unpaired) electrons. The molecule has 122 valence electrons. The van der Waals surface area contributed by atoms with E-state index >= 15 is 0 Å². The summed E-state index contributed by atoms with van der Waals surface area (Å²) in [5, 5.41) is 3.31. The van der Waals surface area contributed by atoms with E-state index in [9.17, 15) is 9.00 Å². The lowest BCUT2D eigenvalue weighted by Gasteiger charge is -2.37. The quantitative estimate of drug-likeness (QED) is 0.853. The number of hydrogen-bond acceptors (Lipinski definition) is 3. The molecule has 0 bridgehead atoms. The van der Waals surface area contributed by atoms with Crippen LogP contribution in [-0.2, 0) is 10.8 Å². The van der Waals surface area contributed by atoms with Crippen molar-refractivity contribution in [2.24, 2.45) is 0 Å². The van der Waals surface area contributed by atoms with E-state index in [0.29, 0.717) is 5.75 Å². The third kappa shape index (κ3) is 4.42. The van der Waals surface area contributed by atoms with Crippen LogP contribution in [0.3, 0.4) is 0 Å². The number of hydrogen-bond donors (Lipinski definition) is 1. The van der Waals surface area contributed by atoms with Crippen LogP contribution in [0.2, 0.25) is 0 Å². The molecule has 0 aromatic heterocycles. The zero-order valence-electron chi connectivity index (χ0n) is 13.3. The van der Waals surface area contributed by atoms with Crippen molar-refractivity contribution in [2.75, 3.05) is 38.5 Å². The summed E-state index contributed by atoms with van der Waals surface area (Å²) in [6.45, 7) is 8.69. The van der Waals surface area contributed by atoms with Gasteiger partial charge < -0.3 is 15.1 Å². The summed E-state index contributed by atoms with van der Waals surface area (Å²) < 4.78 is 12.2. The van der Waals surface area contributed by atoms with Gasteiger partial charge in [-0.25, -0.2) is 4.79 Å². The highest BCUT2D eigenvalue weighted by Crippen LogP contribution is 2.23. The lowest BCUT2D eigenvalue weighted by Crippen LogP contribution is -2.56. The number of urea groups is 1. The Morgan fingerprint density at radius 1 is 1.14 bits per heavy atom. The van der Waals surface area contributed by atoms with Gasteiger partial charge >= 0.3 is 6.03 Å². The molecule has 2 rings (SSSR count). The molecule has 0 aromatic carbocycles. The summed E-state index contributed by atoms with van der Waals surface area (Å²) in [6, 6.07) is 0.131. The zero-order chi connectivity index (χ0) is 15.2. The van der Waals surface area contributed by atoms with Gasteiger partial charge in [-0.1, -0.05) is 26.7 Å². The van der Waals surface area contributed by atoms with Crippen LogP contribution >= 0.6 is 0 Å². The molecule has 3 atom stereocenters. The highest BCUT2D eigenvalue weighted by molar-refractivity contribution is 7.85. The topological polar surface area (TPSA) is 52.6 Å². The summed E-state index contributed by atoms with van der Waals surface area (Å²) in [5.74, 6) is 0.687. The largest absolute Gasteiger partial charge is 0.334 e. The molecule has 21 heavy (non-hydrogen) atoms. The molecule has 2 aliphatic rings. The minimum absolute atomic E-state index is 0.0377. The van der Waals surface area contributed by atoms with Crippen molar-refractivity contribution in [1.82, 2.24) is 15.1 Å². The van der Waals surface area contributed by atoms with Gasteiger partial charge in [0.2, 0.25) is 0 Å². The SMILES string of the molecule is CCN1CCN(C(=O)N[C@@H]2CCCC[C@@H]2[S@@](=O)CC)CC1. The van der Waals surface area contributed by atoms with Crippen LogP contribution in [0, 0.1) is 0 Å². The molecule has 0 unspecified atom stereocenters. The molecule has 1 aliphatic heterocycles. The first-order chi connectivity index (χ1) is 10.2. The van der Waals surface area contributed by atoms with Crippen molar-refractivity contribution < 1.29 is 9.00 Å². The maximum absolute atomic E-state index is 12.4. The van der Waals surface area contributed by atoms with Crippen LogP contribution in [0.1, 0.15) is 39.5 Å². The summed E-state index contributed by atoms with van der Waals surface area (Å²) in [7, 11) is -0.813. The number of amides is 2. The van der Waals surface area contributed by atoms with E-state index in [2.05, 4.69) is 17.1 Å². The van der Waals surface area contributed by atoms with Crippen LogP contribution in [0.25, 0.3) is 0 Å². The second-order valence-electron chi connectivity index (χ2n) is 5.97. The monoisotopic (exact) mass is 315 g/mol. The van der Waals surface area contributed by atoms with Crippen LogP contribution in [0.4, 0.5) is 4.79 Å². The first kappa shape index (κ1) is 16.7. The Kier molecular flexibility index (Phi) is 6.48. The fourth-order valence-corrected chi connectivity index (χ4v) is 4.74. The summed E-state index contributed by atoms with van der Waals surface area (Å²) in [5.41, 5.74) is 0.